The van der Waals surface area contributed by atoms with Crippen LogP contribution in [0.3, 0.4) is 0 Å². The molecule has 1 aromatic heterocycles. The average Bonchev–Trinajstić information content (AvgIpc) is 2.68. The minimum atomic E-state index is -0.611. The van der Waals surface area contributed by atoms with E-state index >= 15 is 0 Å². The summed E-state index contributed by atoms with van der Waals surface area (Å²) < 4.78 is 6.65. The summed E-state index contributed by atoms with van der Waals surface area (Å²) in [4.78, 5) is 41.0. The van der Waals surface area contributed by atoms with Crippen molar-refractivity contribution >= 4 is 17.7 Å². The molecule has 0 aliphatic carbocycles. The second-order valence-electron chi connectivity index (χ2n) is 8.35. The standard InChI is InChI=1S/C21H27ClN4O4/c1-21(2,3)30-20(29)25-10-8-24(9-11-25)13-16-12-23-26(19(28)18(16)27)14-15-6-4-5-7-17(15)22/h4-7,12,23H,8-11,13-14H2,1-3H3. The van der Waals surface area contributed by atoms with Crippen LogP contribution in [0, 0.1) is 0 Å². The Balaban J connectivity index is 1.62. The van der Waals surface area contributed by atoms with Gasteiger partial charge in [-0.25, -0.2) is 9.48 Å². The van der Waals surface area contributed by atoms with Gasteiger partial charge in [-0.3, -0.25) is 14.5 Å². The molecule has 0 bridgehead atoms. The molecule has 0 spiro atoms. The molecule has 2 heterocycles. The van der Waals surface area contributed by atoms with E-state index in [-0.39, 0.29) is 12.6 Å². The van der Waals surface area contributed by atoms with Crippen molar-refractivity contribution in [2.45, 2.75) is 39.5 Å². The Labute approximate surface area is 180 Å². The van der Waals surface area contributed by atoms with Gasteiger partial charge in [-0.05, 0) is 32.4 Å². The number of piperazine rings is 1. The molecule has 8 nitrogen and oxygen atoms in total. The lowest BCUT2D eigenvalue weighted by Gasteiger charge is -2.35. The normalized spacial score (nSPS) is 15.3. The van der Waals surface area contributed by atoms with Crippen LogP contribution < -0.4 is 11.0 Å². The first kappa shape index (κ1) is 22.1. The molecule has 2 aromatic rings. The molecule has 0 radical (unpaired) electrons. The molecule has 1 aliphatic rings. The summed E-state index contributed by atoms with van der Waals surface area (Å²) in [7, 11) is 0. The van der Waals surface area contributed by atoms with Crippen LogP contribution in [-0.2, 0) is 17.8 Å². The fraction of sp³-hybridized carbons (Fsp3) is 0.476. The third kappa shape index (κ3) is 5.52. The molecule has 1 N–H and O–H groups in total. The molecular formula is C21H27ClN4O4. The smallest absolute Gasteiger partial charge is 0.410 e. The third-order valence-corrected chi connectivity index (χ3v) is 5.20. The van der Waals surface area contributed by atoms with Crippen molar-refractivity contribution in [3.8, 4) is 0 Å². The zero-order valence-electron chi connectivity index (χ0n) is 17.5. The number of halogens is 1. The molecule has 0 unspecified atom stereocenters. The maximum atomic E-state index is 12.6. The van der Waals surface area contributed by atoms with Gasteiger partial charge < -0.3 is 14.7 Å². The molecule has 1 saturated heterocycles. The van der Waals surface area contributed by atoms with Crippen molar-refractivity contribution in [2.75, 3.05) is 26.2 Å². The van der Waals surface area contributed by atoms with E-state index in [9.17, 15) is 14.4 Å². The highest BCUT2D eigenvalue weighted by molar-refractivity contribution is 6.31. The number of carbonyl (C=O) groups excluding carboxylic acids is 1. The number of rotatable bonds is 4. The topological polar surface area (TPSA) is 87.6 Å². The van der Waals surface area contributed by atoms with Gasteiger partial charge in [0.05, 0.1) is 6.54 Å². The van der Waals surface area contributed by atoms with E-state index in [1.165, 1.54) is 4.68 Å². The van der Waals surface area contributed by atoms with Crippen LogP contribution in [0.25, 0.3) is 0 Å². The highest BCUT2D eigenvalue weighted by atomic mass is 35.5. The number of ether oxygens (including phenoxy) is 1. The summed E-state index contributed by atoms with van der Waals surface area (Å²) >= 11 is 6.14. The molecular weight excluding hydrogens is 408 g/mol. The minimum Gasteiger partial charge on any atom is -0.444 e. The fourth-order valence-electron chi connectivity index (χ4n) is 3.23. The zero-order valence-corrected chi connectivity index (χ0v) is 18.2. The number of carbonyl (C=O) groups is 1. The molecule has 1 aliphatic heterocycles. The van der Waals surface area contributed by atoms with E-state index in [1.807, 2.05) is 43.9 Å². The average molecular weight is 435 g/mol. The summed E-state index contributed by atoms with van der Waals surface area (Å²) in [6, 6.07) is 7.19. The maximum absolute atomic E-state index is 12.6. The fourth-order valence-corrected chi connectivity index (χ4v) is 3.42. The first-order chi connectivity index (χ1) is 14.1. The van der Waals surface area contributed by atoms with Gasteiger partial charge in [-0.1, -0.05) is 29.8 Å². The quantitative estimate of drug-likeness (QED) is 0.746. The van der Waals surface area contributed by atoms with E-state index in [0.717, 1.165) is 5.56 Å². The Morgan fingerprint density at radius 2 is 1.73 bits per heavy atom. The van der Waals surface area contributed by atoms with E-state index in [4.69, 9.17) is 16.3 Å². The van der Waals surface area contributed by atoms with Gasteiger partial charge in [-0.15, -0.1) is 0 Å². The maximum Gasteiger partial charge on any atom is 0.410 e. The van der Waals surface area contributed by atoms with Gasteiger partial charge >= 0.3 is 11.7 Å². The van der Waals surface area contributed by atoms with Crippen LogP contribution in [0.1, 0.15) is 31.9 Å². The monoisotopic (exact) mass is 434 g/mol. The summed E-state index contributed by atoms with van der Waals surface area (Å²) in [6.07, 6.45) is 1.24. The summed E-state index contributed by atoms with van der Waals surface area (Å²) in [6.45, 7) is 8.27. The van der Waals surface area contributed by atoms with Crippen molar-refractivity contribution in [1.29, 1.82) is 0 Å². The van der Waals surface area contributed by atoms with Gasteiger partial charge in [0.15, 0.2) is 0 Å². The third-order valence-electron chi connectivity index (χ3n) is 4.83. The Bertz CT molecular complexity index is 1020. The lowest BCUT2D eigenvalue weighted by Crippen LogP contribution is -2.50. The summed E-state index contributed by atoms with van der Waals surface area (Å²) in [5.41, 5.74) is -0.519. The molecule has 3 rings (SSSR count). The van der Waals surface area contributed by atoms with E-state index in [2.05, 4.69) is 5.10 Å². The number of amides is 1. The van der Waals surface area contributed by atoms with Gasteiger partial charge in [0, 0.05) is 49.5 Å². The lowest BCUT2D eigenvalue weighted by molar-refractivity contribution is 0.0138. The zero-order chi connectivity index (χ0) is 21.9. The molecule has 1 aromatic carbocycles. The number of hydrogen-bond donors (Lipinski definition) is 1. The highest BCUT2D eigenvalue weighted by Crippen LogP contribution is 2.15. The summed E-state index contributed by atoms with van der Waals surface area (Å²) in [5.74, 6) is 0. The van der Waals surface area contributed by atoms with Crippen LogP contribution in [0.2, 0.25) is 5.02 Å². The number of nitrogens with zero attached hydrogens (tertiary/aromatic N) is 3. The molecule has 1 amide bonds. The molecule has 9 heteroatoms. The Morgan fingerprint density at radius 3 is 2.37 bits per heavy atom. The number of hydrogen-bond acceptors (Lipinski definition) is 5. The van der Waals surface area contributed by atoms with Crippen LogP contribution in [0.15, 0.2) is 40.1 Å². The van der Waals surface area contributed by atoms with Crippen molar-refractivity contribution < 1.29 is 9.53 Å². The van der Waals surface area contributed by atoms with Crippen LogP contribution in [0.4, 0.5) is 4.79 Å². The first-order valence-corrected chi connectivity index (χ1v) is 10.3. The van der Waals surface area contributed by atoms with Crippen LogP contribution in [-0.4, -0.2) is 57.5 Å². The second kappa shape index (κ2) is 9.06. The van der Waals surface area contributed by atoms with Crippen molar-refractivity contribution in [3.63, 3.8) is 0 Å². The van der Waals surface area contributed by atoms with Crippen molar-refractivity contribution in [2.24, 2.45) is 0 Å². The number of aromatic nitrogens is 2. The van der Waals surface area contributed by atoms with Gasteiger partial charge in [0.25, 0.3) is 5.43 Å². The Hall–Kier alpha value is -2.58. The SMILES string of the molecule is CC(C)(C)OC(=O)N1CCN(Cc2c[nH]n(Cc3ccccc3Cl)c(=O)c2=O)CC1. The van der Waals surface area contributed by atoms with Gasteiger partial charge in [0.1, 0.15) is 5.60 Å². The van der Waals surface area contributed by atoms with Gasteiger partial charge in [0.2, 0.25) is 0 Å². The molecule has 1 fully saturated rings. The van der Waals surface area contributed by atoms with E-state index in [0.29, 0.717) is 43.3 Å². The first-order valence-electron chi connectivity index (χ1n) is 9.89. The molecule has 0 saturated carbocycles. The predicted molar refractivity (Wildman–Crippen MR) is 115 cm³/mol. The van der Waals surface area contributed by atoms with Crippen LogP contribution >= 0.6 is 11.6 Å². The van der Waals surface area contributed by atoms with Crippen molar-refractivity contribution in [1.82, 2.24) is 19.6 Å². The minimum absolute atomic E-state index is 0.197. The molecule has 30 heavy (non-hydrogen) atoms. The molecule has 162 valence electrons. The Kier molecular flexibility index (Phi) is 6.67. The number of H-pyrrole nitrogens is 1. The second-order valence-corrected chi connectivity index (χ2v) is 8.76. The van der Waals surface area contributed by atoms with Gasteiger partial charge in [-0.2, -0.15) is 0 Å². The highest BCUT2D eigenvalue weighted by Gasteiger charge is 2.26. The number of nitrogens with one attached hydrogen (secondary N) is 1. The molecule has 0 atom stereocenters. The van der Waals surface area contributed by atoms with E-state index in [1.54, 1.807) is 17.2 Å². The summed E-state index contributed by atoms with van der Waals surface area (Å²) in [5, 5.41) is 3.44. The number of aromatic amines is 1. The van der Waals surface area contributed by atoms with Crippen molar-refractivity contribution in [3.05, 3.63) is 67.2 Å². The van der Waals surface area contributed by atoms with Crippen LogP contribution in [0.5, 0.6) is 0 Å². The Morgan fingerprint density at radius 1 is 1.07 bits per heavy atom. The largest absolute Gasteiger partial charge is 0.444 e. The lowest BCUT2D eigenvalue weighted by atomic mass is 10.2. The van der Waals surface area contributed by atoms with E-state index < -0.39 is 16.6 Å². The predicted octanol–water partition coefficient (Wildman–Crippen LogP) is 2.29. The number of benzene rings is 1.